The average Bonchev–Trinajstić information content (AvgIpc) is 2.39. The van der Waals surface area contributed by atoms with Crippen LogP contribution in [-0.2, 0) is 0 Å². The van der Waals surface area contributed by atoms with E-state index in [-0.39, 0.29) is 0 Å². The van der Waals surface area contributed by atoms with Gasteiger partial charge in [-0.05, 0) is 23.6 Å². The van der Waals surface area contributed by atoms with E-state index >= 15 is 0 Å². The molecule has 0 fully saturated rings. The molecule has 82 valence electrons. The summed E-state index contributed by atoms with van der Waals surface area (Å²) in [4.78, 5) is 4.46. The molecule has 0 bridgehead atoms. The molecular formula is C15H10ClN. The van der Waals surface area contributed by atoms with Crippen molar-refractivity contribution >= 4 is 22.4 Å². The molecule has 0 unspecified atom stereocenters. The summed E-state index contributed by atoms with van der Waals surface area (Å²) in [5.74, 6) is 0. The second-order valence-electron chi connectivity index (χ2n) is 3.89. The number of benzene rings is 2. The highest BCUT2D eigenvalue weighted by Crippen LogP contribution is 2.26. The summed E-state index contributed by atoms with van der Waals surface area (Å²) in [6, 6.07) is 18.0. The van der Waals surface area contributed by atoms with Crippen molar-refractivity contribution in [3.63, 3.8) is 0 Å². The molecule has 0 atom stereocenters. The van der Waals surface area contributed by atoms with Crippen molar-refractivity contribution in [3.05, 3.63) is 65.8 Å². The molecule has 1 nitrogen and oxygen atoms in total. The van der Waals surface area contributed by atoms with E-state index in [2.05, 4.69) is 17.1 Å². The van der Waals surface area contributed by atoms with Gasteiger partial charge in [-0.2, -0.15) is 0 Å². The Morgan fingerprint density at radius 1 is 0.824 bits per heavy atom. The number of aromatic nitrogens is 1. The van der Waals surface area contributed by atoms with Gasteiger partial charge in [0.2, 0.25) is 0 Å². The fourth-order valence-corrected chi connectivity index (χ4v) is 2.08. The maximum absolute atomic E-state index is 5.90. The summed E-state index contributed by atoms with van der Waals surface area (Å²) >= 11 is 5.90. The summed E-state index contributed by atoms with van der Waals surface area (Å²) in [6.07, 6.45) is 1.84. The Morgan fingerprint density at radius 2 is 1.59 bits per heavy atom. The van der Waals surface area contributed by atoms with E-state index in [4.69, 9.17) is 11.6 Å². The predicted octanol–water partition coefficient (Wildman–Crippen LogP) is 4.56. The van der Waals surface area contributed by atoms with Crippen molar-refractivity contribution < 1.29 is 0 Å². The van der Waals surface area contributed by atoms with Crippen LogP contribution in [0.4, 0.5) is 0 Å². The van der Waals surface area contributed by atoms with Crippen molar-refractivity contribution in [1.82, 2.24) is 4.98 Å². The quantitative estimate of drug-likeness (QED) is 0.607. The largest absolute Gasteiger partial charge is 0.256 e. The molecule has 0 amide bonds. The molecule has 0 N–H and O–H groups in total. The Labute approximate surface area is 105 Å². The molecule has 0 aliphatic heterocycles. The van der Waals surface area contributed by atoms with Gasteiger partial charge in [0.1, 0.15) is 0 Å². The highest BCUT2D eigenvalue weighted by molar-refractivity contribution is 6.30. The zero-order valence-electron chi connectivity index (χ0n) is 9.10. The fraction of sp³-hybridized carbons (Fsp3) is 0. The molecule has 0 aliphatic carbocycles. The van der Waals surface area contributed by atoms with Gasteiger partial charge < -0.3 is 0 Å². The minimum absolute atomic E-state index is 0.744. The molecule has 0 spiro atoms. The van der Waals surface area contributed by atoms with E-state index in [9.17, 15) is 0 Å². The molecule has 1 aromatic heterocycles. The minimum Gasteiger partial charge on any atom is -0.256 e. The number of fused-ring (bicyclic) bond motifs is 1. The third-order valence-electron chi connectivity index (χ3n) is 2.79. The van der Waals surface area contributed by atoms with Crippen LogP contribution < -0.4 is 0 Å². The van der Waals surface area contributed by atoms with Crippen molar-refractivity contribution in [2.24, 2.45) is 0 Å². The summed E-state index contributed by atoms with van der Waals surface area (Å²) in [7, 11) is 0. The van der Waals surface area contributed by atoms with Crippen molar-refractivity contribution in [2.75, 3.05) is 0 Å². The van der Waals surface area contributed by atoms with E-state index < -0.39 is 0 Å². The van der Waals surface area contributed by atoms with Gasteiger partial charge in [-0.3, -0.25) is 4.98 Å². The van der Waals surface area contributed by atoms with Crippen molar-refractivity contribution in [2.45, 2.75) is 0 Å². The predicted molar refractivity (Wildman–Crippen MR) is 72.2 cm³/mol. The smallest absolute Gasteiger partial charge is 0.0780 e. The van der Waals surface area contributed by atoms with Gasteiger partial charge in [-0.25, -0.2) is 0 Å². The number of halogens is 1. The van der Waals surface area contributed by atoms with Gasteiger partial charge in [0, 0.05) is 22.2 Å². The number of hydrogen-bond acceptors (Lipinski definition) is 1. The highest BCUT2D eigenvalue weighted by atomic mass is 35.5. The van der Waals surface area contributed by atoms with Crippen LogP contribution in [0.3, 0.4) is 0 Å². The SMILES string of the molecule is Clc1ccc(-c2nccc3ccccc23)cc1. The fourth-order valence-electron chi connectivity index (χ4n) is 1.96. The molecule has 2 heteroatoms. The van der Waals surface area contributed by atoms with Crippen LogP contribution in [0.15, 0.2) is 60.8 Å². The van der Waals surface area contributed by atoms with Crippen molar-refractivity contribution in [1.29, 1.82) is 0 Å². The summed E-state index contributed by atoms with van der Waals surface area (Å²) in [5, 5.41) is 3.11. The van der Waals surface area contributed by atoms with Gasteiger partial charge in [0.15, 0.2) is 0 Å². The molecular weight excluding hydrogens is 230 g/mol. The first-order valence-corrected chi connectivity index (χ1v) is 5.82. The Balaban J connectivity index is 2.27. The first-order chi connectivity index (χ1) is 8.34. The average molecular weight is 240 g/mol. The van der Waals surface area contributed by atoms with Crippen LogP contribution in [0.2, 0.25) is 5.02 Å². The van der Waals surface area contributed by atoms with Gasteiger partial charge in [0.25, 0.3) is 0 Å². The Hall–Kier alpha value is -1.86. The molecule has 3 rings (SSSR count). The normalized spacial score (nSPS) is 10.6. The summed E-state index contributed by atoms with van der Waals surface area (Å²) < 4.78 is 0. The maximum Gasteiger partial charge on any atom is 0.0780 e. The van der Waals surface area contributed by atoms with E-state index in [1.54, 1.807) is 0 Å². The second-order valence-corrected chi connectivity index (χ2v) is 4.32. The highest BCUT2D eigenvalue weighted by Gasteiger charge is 2.04. The van der Waals surface area contributed by atoms with Gasteiger partial charge in [0.05, 0.1) is 5.69 Å². The monoisotopic (exact) mass is 239 g/mol. The summed E-state index contributed by atoms with van der Waals surface area (Å²) in [5.41, 5.74) is 2.09. The van der Waals surface area contributed by atoms with Crippen LogP contribution >= 0.6 is 11.6 Å². The molecule has 17 heavy (non-hydrogen) atoms. The van der Waals surface area contributed by atoms with Gasteiger partial charge in [-0.1, -0.05) is 48.0 Å². The topological polar surface area (TPSA) is 12.9 Å². The lowest BCUT2D eigenvalue weighted by atomic mass is 10.0. The number of pyridine rings is 1. The minimum atomic E-state index is 0.744. The van der Waals surface area contributed by atoms with Crippen LogP contribution in [-0.4, -0.2) is 4.98 Å². The van der Waals surface area contributed by atoms with Crippen LogP contribution in [0.1, 0.15) is 0 Å². The van der Waals surface area contributed by atoms with Crippen LogP contribution in [0.5, 0.6) is 0 Å². The summed E-state index contributed by atoms with van der Waals surface area (Å²) in [6.45, 7) is 0. The van der Waals surface area contributed by atoms with E-state index in [1.807, 2.05) is 48.7 Å². The number of hydrogen-bond donors (Lipinski definition) is 0. The molecule has 3 aromatic rings. The van der Waals surface area contributed by atoms with Crippen molar-refractivity contribution in [3.8, 4) is 11.3 Å². The van der Waals surface area contributed by atoms with Gasteiger partial charge in [-0.15, -0.1) is 0 Å². The molecule has 1 heterocycles. The lowest BCUT2D eigenvalue weighted by Crippen LogP contribution is -1.85. The standard InChI is InChI=1S/C15H10ClN/c16-13-7-5-12(6-8-13)15-14-4-2-1-3-11(14)9-10-17-15/h1-10H. The zero-order chi connectivity index (χ0) is 11.7. The molecule has 0 aliphatic rings. The third kappa shape index (κ3) is 1.90. The molecule has 0 saturated carbocycles. The number of rotatable bonds is 1. The van der Waals surface area contributed by atoms with E-state index in [1.165, 1.54) is 5.39 Å². The lowest BCUT2D eigenvalue weighted by molar-refractivity contribution is 1.36. The van der Waals surface area contributed by atoms with Crippen LogP contribution in [0.25, 0.3) is 22.0 Å². The zero-order valence-corrected chi connectivity index (χ0v) is 9.85. The Morgan fingerprint density at radius 3 is 2.41 bits per heavy atom. The van der Waals surface area contributed by atoms with Gasteiger partial charge >= 0.3 is 0 Å². The Kier molecular flexibility index (Phi) is 2.54. The lowest BCUT2D eigenvalue weighted by Gasteiger charge is -2.05. The van der Waals surface area contributed by atoms with E-state index in [0.717, 1.165) is 21.7 Å². The Bertz CT molecular complexity index is 654. The molecule has 0 saturated heterocycles. The van der Waals surface area contributed by atoms with Crippen LogP contribution in [0, 0.1) is 0 Å². The second kappa shape index (κ2) is 4.19. The van der Waals surface area contributed by atoms with E-state index in [0.29, 0.717) is 0 Å². The maximum atomic E-state index is 5.90. The number of nitrogens with zero attached hydrogens (tertiary/aromatic N) is 1. The first kappa shape index (κ1) is 10.3. The molecule has 0 radical (unpaired) electrons. The first-order valence-electron chi connectivity index (χ1n) is 5.44. The molecule has 2 aromatic carbocycles. The third-order valence-corrected chi connectivity index (χ3v) is 3.04.